The Kier molecular flexibility index (Phi) is 8.83. The largest absolute Gasteiger partial charge is 0.491 e. The molecule has 3 nitrogen and oxygen atoms in total. The Labute approximate surface area is 133 Å². The number of alkyl halides is 1. The third kappa shape index (κ3) is 9.56. The second-order valence-corrected chi connectivity index (χ2v) is 10.5. The first-order valence-corrected chi connectivity index (χ1v) is 11.0. The predicted octanol–water partition coefficient (Wildman–Crippen LogP) is 3.30. The maximum atomic E-state index is 11.8. The molecule has 0 radical (unpaired) electrons. The first kappa shape index (κ1) is 18.7. The van der Waals surface area contributed by atoms with E-state index in [2.05, 4.69) is 31.1 Å². The topological polar surface area (TPSA) is 27.7 Å². The van der Waals surface area contributed by atoms with Gasteiger partial charge in [-0.1, -0.05) is 25.6 Å². The van der Waals surface area contributed by atoms with Gasteiger partial charge in [0.05, 0.1) is 26.4 Å². The van der Waals surface area contributed by atoms with Crippen molar-refractivity contribution in [1.82, 2.24) is 0 Å². The number of hydrogen-bond acceptors (Lipinski definition) is 3. The molecule has 1 rings (SSSR count). The monoisotopic (exact) mass is 324 g/mol. The molecular formula is C17H25FO3Si. The average Bonchev–Trinajstić information content (AvgIpc) is 2.48. The van der Waals surface area contributed by atoms with Gasteiger partial charge in [-0.3, -0.25) is 0 Å². The molecule has 1 aromatic rings. The standard InChI is InChI=1S/C17H25FO3Si/c1-22(2,3)15-8-16-4-6-17(7-5-16)21-14-13-20-12-11-19-10-9-18/h4-7H,9-14H2,1-3H3. The zero-order valence-electron chi connectivity index (χ0n) is 13.7. The highest BCUT2D eigenvalue weighted by atomic mass is 28.3. The van der Waals surface area contributed by atoms with Crippen LogP contribution in [0.3, 0.4) is 0 Å². The van der Waals surface area contributed by atoms with E-state index in [1.54, 1.807) is 0 Å². The van der Waals surface area contributed by atoms with Gasteiger partial charge in [-0.25, -0.2) is 4.39 Å². The molecule has 0 fully saturated rings. The molecule has 0 atom stereocenters. The van der Waals surface area contributed by atoms with Gasteiger partial charge in [-0.15, -0.1) is 5.54 Å². The van der Waals surface area contributed by atoms with Crippen molar-refractivity contribution in [3.8, 4) is 17.2 Å². The molecule has 0 saturated heterocycles. The molecule has 0 saturated carbocycles. The summed E-state index contributed by atoms with van der Waals surface area (Å²) in [7, 11) is -1.34. The summed E-state index contributed by atoms with van der Waals surface area (Å²) >= 11 is 0. The van der Waals surface area contributed by atoms with Crippen LogP contribution in [-0.2, 0) is 9.47 Å². The number of benzene rings is 1. The van der Waals surface area contributed by atoms with Crippen LogP contribution in [0.1, 0.15) is 5.56 Å². The molecule has 0 aromatic heterocycles. The Hall–Kier alpha value is -1.35. The summed E-state index contributed by atoms with van der Waals surface area (Å²) in [5, 5.41) is 0. The highest BCUT2D eigenvalue weighted by Gasteiger charge is 2.07. The summed E-state index contributed by atoms with van der Waals surface area (Å²) in [6.45, 7) is 8.16. The summed E-state index contributed by atoms with van der Waals surface area (Å²) in [5.74, 6) is 4.01. The lowest BCUT2D eigenvalue weighted by Crippen LogP contribution is -2.16. The van der Waals surface area contributed by atoms with E-state index in [0.717, 1.165) is 11.3 Å². The summed E-state index contributed by atoms with van der Waals surface area (Å²) < 4.78 is 27.6. The molecule has 0 unspecified atom stereocenters. The van der Waals surface area contributed by atoms with E-state index in [1.807, 2.05) is 24.3 Å². The molecular weight excluding hydrogens is 299 g/mol. The number of hydrogen-bond donors (Lipinski definition) is 0. The second kappa shape index (κ2) is 10.4. The van der Waals surface area contributed by atoms with E-state index in [0.29, 0.717) is 26.4 Å². The SMILES string of the molecule is C[Si](C)(C)C#Cc1ccc(OCCOCCOCCF)cc1. The summed E-state index contributed by atoms with van der Waals surface area (Å²) in [5.41, 5.74) is 4.34. The van der Waals surface area contributed by atoms with Gasteiger partial charge in [-0.05, 0) is 24.3 Å². The van der Waals surface area contributed by atoms with Crippen molar-refractivity contribution in [2.75, 3.05) is 39.7 Å². The van der Waals surface area contributed by atoms with E-state index in [9.17, 15) is 4.39 Å². The van der Waals surface area contributed by atoms with Gasteiger partial charge in [0.15, 0.2) is 0 Å². The van der Waals surface area contributed by atoms with Gasteiger partial charge in [0, 0.05) is 5.56 Å². The van der Waals surface area contributed by atoms with E-state index in [4.69, 9.17) is 14.2 Å². The van der Waals surface area contributed by atoms with Crippen LogP contribution in [-0.4, -0.2) is 47.8 Å². The molecule has 0 aliphatic heterocycles. The molecule has 0 spiro atoms. The zero-order chi connectivity index (χ0) is 16.3. The van der Waals surface area contributed by atoms with Crippen LogP contribution in [0.15, 0.2) is 24.3 Å². The Morgan fingerprint density at radius 3 is 2.09 bits per heavy atom. The third-order valence-corrected chi connectivity index (χ3v) is 3.40. The smallest absolute Gasteiger partial charge is 0.129 e. The Morgan fingerprint density at radius 2 is 1.50 bits per heavy atom. The first-order valence-electron chi connectivity index (χ1n) is 7.49. The Balaban J connectivity index is 2.20. The minimum Gasteiger partial charge on any atom is -0.491 e. The van der Waals surface area contributed by atoms with Gasteiger partial charge < -0.3 is 14.2 Å². The van der Waals surface area contributed by atoms with Gasteiger partial charge in [0.1, 0.15) is 27.1 Å². The summed E-state index contributed by atoms with van der Waals surface area (Å²) in [6.07, 6.45) is 0. The fourth-order valence-electron chi connectivity index (χ4n) is 1.49. The highest BCUT2D eigenvalue weighted by Crippen LogP contribution is 2.11. The fourth-order valence-corrected chi connectivity index (χ4v) is 2.01. The third-order valence-electron chi connectivity index (χ3n) is 2.53. The first-order chi connectivity index (χ1) is 10.5. The summed E-state index contributed by atoms with van der Waals surface area (Å²) in [4.78, 5) is 0. The molecule has 5 heteroatoms. The molecule has 122 valence electrons. The maximum absolute atomic E-state index is 11.8. The van der Waals surface area contributed by atoms with E-state index >= 15 is 0 Å². The second-order valence-electron chi connectivity index (χ2n) is 5.79. The van der Waals surface area contributed by atoms with Gasteiger partial charge in [0.2, 0.25) is 0 Å². The van der Waals surface area contributed by atoms with Crippen LogP contribution in [0, 0.1) is 11.5 Å². The van der Waals surface area contributed by atoms with Crippen LogP contribution < -0.4 is 4.74 Å². The van der Waals surface area contributed by atoms with Crippen molar-refractivity contribution < 1.29 is 18.6 Å². The molecule has 0 heterocycles. The molecule has 22 heavy (non-hydrogen) atoms. The van der Waals surface area contributed by atoms with Gasteiger partial charge in [0.25, 0.3) is 0 Å². The number of halogens is 1. The number of rotatable bonds is 9. The predicted molar refractivity (Wildman–Crippen MR) is 89.8 cm³/mol. The van der Waals surface area contributed by atoms with Crippen LogP contribution in [0.5, 0.6) is 5.75 Å². The Morgan fingerprint density at radius 1 is 0.909 bits per heavy atom. The molecule has 0 bridgehead atoms. The quantitative estimate of drug-likeness (QED) is 0.396. The molecule has 0 N–H and O–H groups in total. The minimum absolute atomic E-state index is 0.132. The van der Waals surface area contributed by atoms with Crippen molar-refractivity contribution in [2.45, 2.75) is 19.6 Å². The van der Waals surface area contributed by atoms with E-state index in [1.165, 1.54) is 0 Å². The molecule has 0 aliphatic rings. The van der Waals surface area contributed by atoms with Crippen LogP contribution in [0.4, 0.5) is 4.39 Å². The maximum Gasteiger partial charge on any atom is 0.129 e. The summed E-state index contributed by atoms with van der Waals surface area (Å²) in [6, 6.07) is 7.76. The number of ether oxygens (including phenoxy) is 3. The van der Waals surface area contributed by atoms with Crippen molar-refractivity contribution in [2.24, 2.45) is 0 Å². The lowest BCUT2D eigenvalue weighted by Gasteiger charge is -2.07. The van der Waals surface area contributed by atoms with Crippen molar-refractivity contribution in [3.05, 3.63) is 29.8 Å². The lowest BCUT2D eigenvalue weighted by molar-refractivity contribution is 0.0325. The molecule has 0 amide bonds. The zero-order valence-corrected chi connectivity index (χ0v) is 14.7. The van der Waals surface area contributed by atoms with Gasteiger partial charge in [-0.2, -0.15) is 0 Å². The van der Waals surface area contributed by atoms with Crippen LogP contribution in [0.2, 0.25) is 19.6 Å². The van der Waals surface area contributed by atoms with Crippen molar-refractivity contribution >= 4 is 8.07 Å². The average molecular weight is 324 g/mol. The van der Waals surface area contributed by atoms with Crippen molar-refractivity contribution in [1.29, 1.82) is 0 Å². The van der Waals surface area contributed by atoms with Crippen LogP contribution >= 0.6 is 0 Å². The van der Waals surface area contributed by atoms with E-state index in [-0.39, 0.29) is 6.61 Å². The Bertz CT molecular complexity index is 471. The van der Waals surface area contributed by atoms with Gasteiger partial charge >= 0.3 is 0 Å². The fraction of sp³-hybridized carbons (Fsp3) is 0.529. The normalized spacial score (nSPS) is 10.9. The van der Waals surface area contributed by atoms with E-state index < -0.39 is 14.7 Å². The van der Waals surface area contributed by atoms with Crippen molar-refractivity contribution in [3.63, 3.8) is 0 Å². The van der Waals surface area contributed by atoms with Crippen LogP contribution in [0.25, 0.3) is 0 Å². The lowest BCUT2D eigenvalue weighted by atomic mass is 10.2. The minimum atomic E-state index is -1.34. The molecule has 1 aromatic carbocycles. The highest BCUT2D eigenvalue weighted by molar-refractivity contribution is 6.83. The molecule has 0 aliphatic carbocycles.